The van der Waals surface area contributed by atoms with E-state index in [9.17, 15) is 4.79 Å². The van der Waals surface area contributed by atoms with Gasteiger partial charge in [-0.25, -0.2) is 4.68 Å². The number of ether oxygens (including phenoxy) is 3. The van der Waals surface area contributed by atoms with Gasteiger partial charge in [-0.3, -0.25) is 4.79 Å². The van der Waals surface area contributed by atoms with Crippen LogP contribution in [0.1, 0.15) is 44.6 Å². The molecule has 0 radical (unpaired) electrons. The molecule has 1 unspecified atom stereocenters. The zero-order valence-corrected chi connectivity index (χ0v) is 20.5. The highest BCUT2D eigenvalue weighted by molar-refractivity contribution is 8.00. The smallest absolute Gasteiger partial charge is 0.233 e. The van der Waals surface area contributed by atoms with Gasteiger partial charge in [0.05, 0.1) is 5.25 Å². The highest BCUT2D eigenvalue weighted by atomic mass is 32.2. The lowest BCUT2D eigenvalue weighted by Crippen LogP contribution is -2.31. The van der Waals surface area contributed by atoms with Crippen LogP contribution in [-0.4, -0.2) is 32.8 Å². The zero-order valence-electron chi connectivity index (χ0n) is 19.7. The maximum atomic E-state index is 12.6. The first-order valence-corrected chi connectivity index (χ1v) is 11.8. The van der Waals surface area contributed by atoms with Crippen LogP contribution in [0.25, 0.3) is 0 Å². The summed E-state index contributed by atoms with van der Waals surface area (Å²) < 4.78 is 17.9. The number of nitrogens with one attached hydrogen (secondary N) is 1. The molecule has 34 heavy (non-hydrogen) atoms. The number of aromatic nitrogens is 3. The van der Waals surface area contributed by atoms with Crippen molar-refractivity contribution in [1.82, 2.24) is 20.2 Å². The van der Waals surface area contributed by atoms with Crippen LogP contribution in [0.2, 0.25) is 0 Å². The average Bonchev–Trinajstić information content (AvgIpc) is 3.42. The largest absolute Gasteiger partial charge is 0.486 e. The van der Waals surface area contributed by atoms with Crippen LogP contribution in [0.4, 0.5) is 0 Å². The molecule has 2 heterocycles. The molecule has 1 amide bonds. The summed E-state index contributed by atoms with van der Waals surface area (Å²) in [5.41, 5.74) is 2.23. The van der Waals surface area contributed by atoms with E-state index in [0.29, 0.717) is 29.0 Å². The van der Waals surface area contributed by atoms with Gasteiger partial charge in [0.15, 0.2) is 17.3 Å². The summed E-state index contributed by atoms with van der Waals surface area (Å²) in [7, 11) is 0. The van der Waals surface area contributed by atoms with Gasteiger partial charge in [0.1, 0.15) is 12.4 Å². The standard InChI is InChI=1S/C24H29N5O4S/c1-15(22(30)26-12-16-5-10-19-20(11-16)33-14-32-19)34-23-28-27-21(29(23)25)13-31-18-8-6-17(7-9-18)24(2,3)4/h5-11,15H,12-14,25H2,1-4H3,(H,26,30). The van der Waals surface area contributed by atoms with Crippen molar-refractivity contribution in [1.29, 1.82) is 0 Å². The first-order chi connectivity index (χ1) is 16.2. The number of benzene rings is 2. The molecular weight excluding hydrogens is 454 g/mol. The molecule has 4 rings (SSSR count). The topological polar surface area (TPSA) is 114 Å². The van der Waals surface area contributed by atoms with Crippen LogP contribution in [0, 0.1) is 0 Å². The Balaban J connectivity index is 1.28. The maximum absolute atomic E-state index is 12.6. The number of nitrogens with two attached hydrogens (primary N) is 1. The number of fused-ring (bicyclic) bond motifs is 1. The third kappa shape index (κ3) is 5.56. The first kappa shape index (κ1) is 23.7. The Bertz CT molecular complexity index is 1160. The molecule has 0 fully saturated rings. The molecule has 1 aliphatic rings. The molecule has 1 atom stereocenters. The van der Waals surface area contributed by atoms with Crippen LogP contribution in [0.15, 0.2) is 47.6 Å². The fourth-order valence-electron chi connectivity index (χ4n) is 3.28. The lowest BCUT2D eigenvalue weighted by Gasteiger charge is -2.19. The first-order valence-electron chi connectivity index (χ1n) is 11.0. The average molecular weight is 484 g/mol. The number of rotatable bonds is 8. The molecule has 2 aromatic carbocycles. The molecule has 0 bridgehead atoms. The van der Waals surface area contributed by atoms with Crippen molar-refractivity contribution in [2.75, 3.05) is 12.6 Å². The minimum absolute atomic E-state index is 0.0789. The molecule has 1 aromatic heterocycles. The SMILES string of the molecule is CC(Sc1nnc(COc2ccc(C(C)(C)C)cc2)n1N)C(=O)NCc1ccc2c(c1)OCO2. The number of carbonyl (C=O) groups excluding carboxylic acids is 1. The van der Waals surface area contributed by atoms with E-state index in [0.717, 1.165) is 11.3 Å². The molecule has 3 aromatic rings. The van der Waals surface area contributed by atoms with Crippen molar-refractivity contribution in [3.8, 4) is 17.2 Å². The second-order valence-electron chi connectivity index (χ2n) is 9.00. The molecular formula is C24H29N5O4S. The minimum atomic E-state index is -0.417. The summed E-state index contributed by atoms with van der Waals surface area (Å²) in [4.78, 5) is 12.6. The molecule has 180 valence electrons. The van der Waals surface area contributed by atoms with Crippen molar-refractivity contribution in [2.45, 2.75) is 56.7 Å². The van der Waals surface area contributed by atoms with E-state index in [4.69, 9.17) is 20.1 Å². The Morgan fingerprint density at radius 1 is 1.18 bits per heavy atom. The van der Waals surface area contributed by atoms with Crippen molar-refractivity contribution in [3.63, 3.8) is 0 Å². The number of amides is 1. The number of hydrogen-bond acceptors (Lipinski definition) is 8. The summed E-state index contributed by atoms with van der Waals surface area (Å²) in [5, 5.41) is 11.2. The summed E-state index contributed by atoms with van der Waals surface area (Å²) in [6.07, 6.45) is 0. The van der Waals surface area contributed by atoms with Crippen LogP contribution >= 0.6 is 11.8 Å². The predicted molar refractivity (Wildman–Crippen MR) is 129 cm³/mol. The third-order valence-electron chi connectivity index (χ3n) is 5.38. The van der Waals surface area contributed by atoms with Gasteiger partial charge < -0.3 is 25.4 Å². The Hall–Kier alpha value is -3.40. The molecule has 3 N–H and O–H groups in total. The van der Waals surface area contributed by atoms with Gasteiger partial charge in [-0.2, -0.15) is 0 Å². The summed E-state index contributed by atoms with van der Waals surface area (Å²) in [6.45, 7) is 9.05. The monoisotopic (exact) mass is 483 g/mol. The number of hydrogen-bond donors (Lipinski definition) is 2. The van der Waals surface area contributed by atoms with Crippen LogP contribution in [0.5, 0.6) is 17.2 Å². The Morgan fingerprint density at radius 2 is 1.91 bits per heavy atom. The molecule has 9 nitrogen and oxygen atoms in total. The fraction of sp³-hybridized carbons (Fsp3) is 0.375. The molecule has 0 saturated heterocycles. The van der Waals surface area contributed by atoms with Crippen LogP contribution in [0.3, 0.4) is 0 Å². The predicted octanol–water partition coefficient (Wildman–Crippen LogP) is 3.39. The van der Waals surface area contributed by atoms with Gasteiger partial charge in [-0.15, -0.1) is 10.2 Å². The van der Waals surface area contributed by atoms with Crippen molar-refractivity contribution in [3.05, 3.63) is 59.4 Å². The third-order valence-corrected chi connectivity index (χ3v) is 6.44. The van der Waals surface area contributed by atoms with Gasteiger partial charge in [0.2, 0.25) is 17.9 Å². The van der Waals surface area contributed by atoms with E-state index in [-0.39, 0.29) is 24.7 Å². The van der Waals surface area contributed by atoms with Crippen LogP contribution in [-0.2, 0) is 23.4 Å². The van der Waals surface area contributed by atoms with E-state index in [2.05, 4.69) is 36.3 Å². The van der Waals surface area contributed by atoms with Gasteiger partial charge in [0, 0.05) is 6.54 Å². The van der Waals surface area contributed by atoms with Crippen molar-refractivity contribution in [2.24, 2.45) is 0 Å². The van der Waals surface area contributed by atoms with Crippen molar-refractivity contribution >= 4 is 17.7 Å². The lowest BCUT2D eigenvalue weighted by molar-refractivity contribution is -0.120. The second kappa shape index (κ2) is 9.84. The van der Waals surface area contributed by atoms with E-state index in [1.807, 2.05) is 42.5 Å². The van der Waals surface area contributed by atoms with E-state index < -0.39 is 5.25 Å². The number of thioether (sulfide) groups is 1. The molecule has 0 spiro atoms. The van der Waals surface area contributed by atoms with Gasteiger partial charge in [-0.1, -0.05) is 50.7 Å². The second-order valence-corrected chi connectivity index (χ2v) is 10.3. The summed E-state index contributed by atoms with van der Waals surface area (Å²) in [5.74, 6) is 8.60. The zero-order chi connectivity index (χ0) is 24.3. The Kier molecular flexibility index (Phi) is 6.87. The van der Waals surface area contributed by atoms with E-state index in [1.165, 1.54) is 22.0 Å². The number of carbonyl (C=O) groups is 1. The Labute approximate surface area is 203 Å². The quantitative estimate of drug-likeness (QED) is 0.370. The number of nitrogen functional groups attached to an aromatic ring is 1. The van der Waals surface area contributed by atoms with Gasteiger partial charge in [0.25, 0.3) is 0 Å². The molecule has 0 aliphatic carbocycles. The van der Waals surface area contributed by atoms with Crippen LogP contribution < -0.4 is 25.4 Å². The maximum Gasteiger partial charge on any atom is 0.233 e. The molecule has 0 saturated carbocycles. The Morgan fingerprint density at radius 3 is 2.65 bits per heavy atom. The molecule has 1 aliphatic heterocycles. The van der Waals surface area contributed by atoms with Gasteiger partial charge >= 0.3 is 0 Å². The number of nitrogens with zero attached hydrogens (tertiary/aromatic N) is 3. The van der Waals surface area contributed by atoms with Crippen molar-refractivity contribution < 1.29 is 19.0 Å². The highest BCUT2D eigenvalue weighted by Gasteiger charge is 2.20. The minimum Gasteiger partial charge on any atom is -0.486 e. The highest BCUT2D eigenvalue weighted by Crippen LogP contribution is 2.32. The van der Waals surface area contributed by atoms with Gasteiger partial charge in [-0.05, 0) is 47.7 Å². The van der Waals surface area contributed by atoms with E-state index in [1.54, 1.807) is 6.92 Å². The summed E-state index contributed by atoms with van der Waals surface area (Å²) in [6, 6.07) is 13.5. The van der Waals surface area contributed by atoms with E-state index >= 15 is 0 Å². The normalized spacial score (nSPS) is 13.5. The summed E-state index contributed by atoms with van der Waals surface area (Å²) >= 11 is 1.23. The molecule has 10 heteroatoms. The fourth-order valence-corrected chi connectivity index (χ4v) is 4.09. The lowest BCUT2D eigenvalue weighted by atomic mass is 9.87.